The molecule has 6 nitrogen and oxygen atoms in total. The average molecular weight is 397 g/mol. The van der Waals surface area contributed by atoms with Crippen LogP contribution in [-0.2, 0) is 4.79 Å². The largest absolute Gasteiger partial charge is 0.497 e. The Labute approximate surface area is 170 Å². The summed E-state index contributed by atoms with van der Waals surface area (Å²) in [4.78, 5) is 16.4. The second-order valence-corrected chi connectivity index (χ2v) is 6.94. The smallest absolute Gasteiger partial charge is 0.250 e. The Morgan fingerprint density at radius 1 is 1.29 bits per heavy atom. The summed E-state index contributed by atoms with van der Waals surface area (Å²) < 4.78 is 5.12. The number of hydrazine groups is 1. The van der Waals surface area contributed by atoms with Crippen molar-refractivity contribution in [2.45, 2.75) is 25.3 Å². The van der Waals surface area contributed by atoms with Crippen LogP contribution >= 0.6 is 12.2 Å². The molecule has 1 fully saturated rings. The fourth-order valence-electron chi connectivity index (χ4n) is 3.18. The van der Waals surface area contributed by atoms with Crippen LogP contribution in [0, 0.1) is 0 Å². The zero-order valence-corrected chi connectivity index (χ0v) is 16.6. The SMILES string of the molecule is COc1ccc(/C=C/C(=O)NC(=S)NN2CCCCC2c2cccnc2)cc1. The molecule has 1 saturated heterocycles. The normalized spacial score (nSPS) is 17.2. The van der Waals surface area contributed by atoms with E-state index in [1.54, 1.807) is 19.4 Å². The first kappa shape index (κ1) is 20.0. The van der Waals surface area contributed by atoms with E-state index in [0.29, 0.717) is 5.11 Å². The van der Waals surface area contributed by atoms with Crippen molar-refractivity contribution in [3.63, 3.8) is 0 Å². The van der Waals surface area contributed by atoms with E-state index in [2.05, 4.69) is 26.8 Å². The molecule has 1 unspecified atom stereocenters. The number of carbonyl (C=O) groups excluding carboxylic acids is 1. The average Bonchev–Trinajstić information content (AvgIpc) is 2.73. The Balaban J connectivity index is 1.54. The molecule has 0 saturated carbocycles. The van der Waals surface area contributed by atoms with Gasteiger partial charge < -0.3 is 4.74 Å². The van der Waals surface area contributed by atoms with Crippen molar-refractivity contribution >= 4 is 29.3 Å². The van der Waals surface area contributed by atoms with Gasteiger partial charge >= 0.3 is 0 Å². The van der Waals surface area contributed by atoms with Crippen molar-refractivity contribution in [2.75, 3.05) is 13.7 Å². The van der Waals surface area contributed by atoms with Gasteiger partial charge in [-0.05, 0) is 60.5 Å². The molecule has 2 aromatic rings. The maximum atomic E-state index is 12.2. The summed E-state index contributed by atoms with van der Waals surface area (Å²) in [6, 6.07) is 11.6. The van der Waals surface area contributed by atoms with Gasteiger partial charge in [0.15, 0.2) is 5.11 Å². The highest BCUT2D eigenvalue weighted by Gasteiger charge is 2.24. The molecule has 0 radical (unpaired) electrons. The molecular formula is C21H24N4O2S. The third kappa shape index (κ3) is 5.61. The fourth-order valence-corrected chi connectivity index (χ4v) is 3.40. The van der Waals surface area contributed by atoms with E-state index in [0.717, 1.165) is 42.7 Å². The second-order valence-electron chi connectivity index (χ2n) is 6.53. The van der Waals surface area contributed by atoms with E-state index >= 15 is 0 Å². The predicted octanol–water partition coefficient (Wildman–Crippen LogP) is 3.24. The monoisotopic (exact) mass is 396 g/mol. The van der Waals surface area contributed by atoms with Gasteiger partial charge in [0, 0.05) is 25.0 Å². The lowest BCUT2D eigenvalue weighted by molar-refractivity contribution is -0.115. The van der Waals surface area contributed by atoms with Gasteiger partial charge in [-0.15, -0.1) is 0 Å². The van der Waals surface area contributed by atoms with E-state index in [1.165, 1.54) is 6.08 Å². The number of nitrogens with zero attached hydrogens (tertiary/aromatic N) is 2. The first-order valence-corrected chi connectivity index (χ1v) is 9.67. The molecule has 146 valence electrons. The summed E-state index contributed by atoms with van der Waals surface area (Å²) in [5.74, 6) is 0.500. The summed E-state index contributed by atoms with van der Waals surface area (Å²) >= 11 is 5.33. The number of ether oxygens (including phenoxy) is 1. The Morgan fingerprint density at radius 2 is 2.11 bits per heavy atom. The van der Waals surface area contributed by atoms with E-state index in [4.69, 9.17) is 17.0 Å². The summed E-state index contributed by atoms with van der Waals surface area (Å²) in [5.41, 5.74) is 5.21. The van der Waals surface area contributed by atoms with Crippen LogP contribution in [0.25, 0.3) is 6.08 Å². The van der Waals surface area contributed by atoms with Crippen LogP contribution in [0.4, 0.5) is 0 Å². The first-order chi connectivity index (χ1) is 13.7. The summed E-state index contributed by atoms with van der Waals surface area (Å²) in [6.45, 7) is 0.858. The molecule has 1 aliphatic heterocycles. The van der Waals surface area contributed by atoms with Crippen LogP contribution in [0.5, 0.6) is 5.75 Å². The van der Waals surface area contributed by atoms with Crippen LogP contribution < -0.4 is 15.5 Å². The molecule has 0 bridgehead atoms. The molecule has 1 amide bonds. The highest BCUT2D eigenvalue weighted by atomic mass is 32.1. The topological polar surface area (TPSA) is 66.5 Å². The number of benzene rings is 1. The van der Waals surface area contributed by atoms with Crippen molar-refractivity contribution in [1.82, 2.24) is 20.7 Å². The zero-order chi connectivity index (χ0) is 19.8. The number of hydrogen-bond acceptors (Lipinski definition) is 5. The van der Waals surface area contributed by atoms with Gasteiger partial charge in [0.05, 0.1) is 13.2 Å². The second kappa shape index (κ2) is 9.96. The molecule has 1 aromatic carbocycles. The molecule has 0 spiro atoms. The number of carbonyl (C=O) groups is 1. The molecule has 0 aliphatic carbocycles. The van der Waals surface area contributed by atoms with Gasteiger partial charge in [-0.3, -0.25) is 20.5 Å². The number of methoxy groups -OCH3 is 1. The Kier molecular flexibility index (Phi) is 7.11. The van der Waals surface area contributed by atoms with E-state index < -0.39 is 0 Å². The first-order valence-electron chi connectivity index (χ1n) is 9.26. The summed E-state index contributed by atoms with van der Waals surface area (Å²) in [5, 5.41) is 5.08. The molecule has 28 heavy (non-hydrogen) atoms. The number of rotatable bonds is 5. The van der Waals surface area contributed by atoms with Crippen molar-refractivity contribution < 1.29 is 9.53 Å². The quantitative estimate of drug-likeness (QED) is 0.598. The number of pyridine rings is 1. The van der Waals surface area contributed by atoms with Gasteiger partial charge in [-0.25, -0.2) is 5.01 Å². The maximum Gasteiger partial charge on any atom is 0.250 e. The van der Waals surface area contributed by atoms with Gasteiger partial charge in [0.25, 0.3) is 0 Å². The van der Waals surface area contributed by atoms with Crippen LogP contribution in [0.15, 0.2) is 54.9 Å². The lowest BCUT2D eigenvalue weighted by atomic mass is 9.98. The lowest BCUT2D eigenvalue weighted by Gasteiger charge is -2.36. The van der Waals surface area contributed by atoms with Gasteiger partial charge in [0.2, 0.25) is 5.91 Å². The standard InChI is InChI=1S/C21H24N4O2S/c1-27-18-10-7-16(8-11-18)9-12-20(26)23-21(28)24-25-14-3-2-6-19(25)17-5-4-13-22-15-17/h4-5,7-13,15,19H,2-3,6,14H2,1H3,(H2,23,24,26,28)/b12-9+. The minimum absolute atomic E-state index is 0.187. The fraction of sp³-hybridized carbons (Fsp3) is 0.286. The number of amides is 1. The van der Waals surface area contributed by atoms with Crippen molar-refractivity contribution in [2.24, 2.45) is 0 Å². The zero-order valence-electron chi connectivity index (χ0n) is 15.8. The summed E-state index contributed by atoms with van der Waals surface area (Å²) in [6.07, 6.45) is 10.1. The van der Waals surface area contributed by atoms with Crippen LogP contribution in [-0.4, -0.2) is 34.7 Å². The van der Waals surface area contributed by atoms with E-state index in [1.807, 2.05) is 36.5 Å². The molecule has 1 aliphatic rings. The van der Waals surface area contributed by atoms with Gasteiger partial charge in [-0.2, -0.15) is 0 Å². The van der Waals surface area contributed by atoms with Crippen molar-refractivity contribution in [3.8, 4) is 5.75 Å². The van der Waals surface area contributed by atoms with E-state index in [9.17, 15) is 4.79 Å². The third-order valence-corrected chi connectivity index (χ3v) is 4.79. The molecule has 2 heterocycles. The molecule has 7 heteroatoms. The molecule has 2 N–H and O–H groups in total. The number of piperidine rings is 1. The van der Waals surface area contributed by atoms with Gasteiger partial charge in [0.1, 0.15) is 5.75 Å². The number of thiocarbonyl (C=S) groups is 1. The van der Waals surface area contributed by atoms with Crippen LogP contribution in [0.1, 0.15) is 36.4 Å². The lowest BCUT2D eigenvalue weighted by Crippen LogP contribution is -2.51. The van der Waals surface area contributed by atoms with E-state index in [-0.39, 0.29) is 11.9 Å². The Hall–Kier alpha value is -2.77. The van der Waals surface area contributed by atoms with Crippen LogP contribution in [0.3, 0.4) is 0 Å². The van der Waals surface area contributed by atoms with Crippen LogP contribution in [0.2, 0.25) is 0 Å². The highest BCUT2D eigenvalue weighted by molar-refractivity contribution is 7.80. The third-order valence-electron chi connectivity index (χ3n) is 4.60. The maximum absolute atomic E-state index is 12.2. The highest BCUT2D eigenvalue weighted by Crippen LogP contribution is 2.28. The summed E-state index contributed by atoms with van der Waals surface area (Å²) in [7, 11) is 1.62. The minimum Gasteiger partial charge on any atom is -0.497 e. The Morgan fingerprint density at radius 3 is 2.82 bits per heavy atom. The number of nitrogens with one attached hydrogen (secondary N) is 2. The minimum atomic E-state index is -0.275. The molecule has 1 aromatic heterocycles. The predicted molar refractivity (Wildman–Crippen MR) is 113 cm³/mol. The number of aromatic nitrogens is 1. The number of hydrogen-bond donors (Lipinski definition) is 2. The molecular weight excluding hydrogens is 372 g/mol. The Bertz CT molecular complexity index is 824. The van der Waals surface area contributed by atoms with Gasteiger partial charge in [-0.1, -0.05) is 24.6 Å². The molecule has 3 rings (SSSR count). The molecule has 1 atom stereocenters. The van der Waals surface area contributed by atoms with Crippen molar-refractivity contribution in [3.05, 3.63) is 66.0 Å². The van der Waals surface area contributed by atoms with Crippen molar-refractivity contribution in [1.29, 1.82) is 0 Å².